The third kappa shape index (κ3) is 8.82. The number of amides is 2. The van der Waals surface area contributed by atoms with Crippen LogP contribution in [0.25, 0.3) is 11.1 Å². The molecule has 4 aromatic rings. The number of unbranched alkanes of at least 4 members (excludes halogenated alkanes) is 4. The molecule has 0 aliphatic carbocycles. The van der Waals surface area contributed by atoms with E-state index >= 15 is 0 Å². The van der Waals surface area contributed by atoms with Crippen LogP contribution in [-0.2, 0) is 11.2 Å². The van der Waals surface area contributed by atoms with E-state index in [2.05, 4.69) is 12.2 Å². The molecule has 2 N–H and O–H groups in total. The van der Waals surface area contributed by atoms with E-state index in [0.717, 1.165) is 35.2 Å². The maximum Gasteiger partial charge on any atom is 0.326 e. The first-order valence-corrected chi connectivity index (χ1v) is 15.7. The molecule has 2 amide bonds. The topological polar surface area (TPSA) is 89.9 Å². The Morgan fingerprint density at radius 3 is 2.16 bits per heavy atom. The van der Waals surface area contributed by atoms with E-state index in [-0.39, 0.29) is 18.2 Å². The molecule has 1 atom stereocenters. The van der Waals surface area contributed by atoms with Gasteiger partial charge in [0.1, 0.15) is 6.04 Å². The lowest BCUT2D eigenvalue weighted by Gasteiger charge is -2.28. The summed E-state index contributed by atoms with van der Waals surface area (Å²) in [7, 11) is 3.48. The molecule has 0 aliphatic heterocycles. The Kier molecular flexibility index (Phi) is 11.9. The van der Waals surface area contributed by atoms with Gasteiger partial charge in [-0.15, -0.1) is 0 Å². The van der Waals surface area contributed by atoms with Crippen LogP contribution < -0.4 is 15.1 Å². The van der Waals surface area contributed by atoms with E-state index in [1.54, 1.807) is 54.2 Å². The number of hydrogen-bond acceptors (Lipinski definition) is 4. The number of carboxylic acids is 1. The average molecular weight is 606 g/mol. The SMILES string of the molecule is CCCCCCCNC(=O)N(C)c1cccc(-c2ccc(C[C@@H](C(=O)O)N(C)c3ccccc3C(=O)c3ccccc3)cc2)c1. The van der Waals surface area contributed by atoms with Crippen molar-refractivity contribution in [1.82, 2.24) is 5.32 Å². The van der Waals surface area contributed by atoms with Gasteiger partial charge in [0.05, 0.1) is 0 Å². The van der Waals surface area contributed by atoms with E-state index in [4.69, 9.17) is 0 Å². The second kappa shape index (κ2) is 16.2. The Labute approximate surface area is 266 Å². The molecule has 7 heteroatoms. The van der Waals surface area contributed by atoms with Crippen molar-refractivity contribution in [2.75, 3.05) is 30.4 Å². The van der Waals surface area contributed by atoms with Crippen molar-refractivity contribution in [2.45, 2.75) is 51.5 Å². The number of likely N-dealkylation sites (N-methyl/N-ethyl adjacent to an activating group) is 1. The minimum absolute atomic E-state index is 0.131. The third-order valence-corrected chi connectivity index (χ3v) is 8.13. The van der Waals surface area contributed by atoms with Crippen LogP contribution in [0.2, 0.25) is 0 Å². The molecule has 0 saturated carbocycles. The van der Waals surface area contributed by atoms with Gasteiger partial charge in [0, 0.05) is 49.6 Å². The first-order chi connectivity index (χ1) is 21.8. The first-order valence-electron chi connectivity index (χ1n) is 15.7. The van der Waals surface area contributed by atoms with Gasteiger partial charge < -0.3 is 15.3 Å². The lowest BCUT2D eigenvalue weighted by Crippen LogP contribution is -2.41. The van der Waals surface area contributed by atoms with Gasteiger partial charge >= 0.3 is 12.0 Å². The molecule has 0 aliphatic rings. The lowest BCUT2D eigenvalue weighted by atomic mass is 9.97. The molecule has 0 unspecified atom stereocenters. The Hall–Kier alpha value is -4.91. The predicted octanol–water partition coefficient (Wildman–Crippen LogP) is 7.83. The highest BCUT2D eigenvalue weighted by Gasteiger charge is 2.26. The summed E-state index contributed by atoms with van der Waals surface area (Å²) in [6.45, 7) is 2.85. The smallest absolute Gasteiger partial charge is 0.326 e. The Morgan fingerprint density at radius 2 is 1.44 bits per heavy atom. The fourth-order valence-electron chi connectivity index (χ4n) is 5.39. The van der Waals surface area contributed by atoms with Crippen LogP contribution >= 0.6 is 0 Å². The Morgan fingerprint density at radius 1 is 0.756 bits per heavy atom. The molecule has 7 nitrogen and oxygen atoms in total. The zero-order valence-corrected chi connectivity index (χ0v) is 26.4. The number of hydrogen-bond donors (Lipinski definition) is 2. The molecule has 45 heavy (non-hydrogen) atoms. The van der Waals surface area contributed by atoms with Crippen molar-refractivity contribution < 1.29 is 19.5 Å². The molecule has 0 radical (unpaired) electrons. The van der Waals surface area contributed by atoms with Gasteiger partial charge in [-0.3, -0.25) is 9.69 Å². The minimum Gasteiger partial charge on any atom is -0.480 e. The van der Waals surface area contributed by atoms with Crippen molar-refractivity contribution in [2.24, 2.45) is 0 Å². The van der Waals surface area contributed by atoms with Gasteiger partial charge in [0.2, 0.25) is 0 Å². The van der Waals surface area contributed by atoms with Crippen LogP contribution in [0.4, 0.5) is 16.2 Å². The maximum atomic E-state index is 13.3. The zero-order chi connectivity index (χ0) is 32.2. The van der Waals surface area contributed by atoms with E-state index in [1.807, 2.05) is 72.8 Å². The number of rotatable bonds is 15. The number of carboxylic acid groups (broad SMARTS) is 1. The van der Waals surface area contributed by atoms with E-state index in [0.29, 0.717) is 23.4 Å². The minimum atomic E-state index is -0.974. The number of nitrogens with one attached hydrogen (secondary N) is 1. The van der Waals surface area contributed by atoms with Crippen molar-refractivity contribution >= 4 is 29.2 Å². The largest absolute Gasteiger partial charge is 0.480 e. The summed E-state index contributed by atoms with van der Waals surface area (Å²) in [6.07, 6.45) is 5.96. The number of nitrogens with zero attached hydrogens (tertiary/aromatic N) is 2. The summed E-state index contributed by atoms with van der Waals surface area (Å²) >= 11 is 0. The van der Waals surface area contributed by atoms with Crippen LogP contribution in [0.15, 0.2) is 103 Å². The standard InChI is InChI=1S/C38H43N3O4/c1-4-5-6-7-13-25-39-38(45)40(2)32-18-14-17-31(27-32)29-23-21-28(22-24-29)26-35(37(43)44)41(3)34-20-12-11-19-33(34)36(42)30-15-9-8-10-16-30/h8-12,14-24,27,35H,4-7,13,25-26H2,1-3H3,(H,39,45)(H,43,44)/t35-/m0/s1. The Bertz CT molecular complexity index is 1570. The summed E-state index contributed by atoms with van der Waals surface area (Å²) in [5.41, 5.74) is 5.14. The number of benzene rings is 4. The second-order valence-corrected chi connectivity index (χ2v) is 11.3. The number of ketones is 1. The molecule has 0 fully saturated rings. The fraction of sp³-hybridized carbons (Fsp3) is 0.289. The normalized spacial score (nSPS) is 11.4. The summed E-state index contributed by atoms with van der Waals surface area (Å²) < 4.78 is 0. The van der Waals surface area contributed by atoms with E-state index < -0.39 is 12.0 Å². The number of urea groups is 1. The number of carbonyl (C=O) groups is 3. The molecule has 0 bridgehead atoms. The highest BCUT2D eigenvalue weighted by Crippen LogP contribution is 2.28. The van der Waals surface area contributed by atoms with E-state index in [9.17, 15) is 19.5 Å². The highest BCUT2D eigenvalue weighted by atomic mass is 16.4. The molecule has 0 spiro atoms. The van der Waals surface area contributed by atoms with E-state index in [1.165, 1.54) is 19.3 Å². The van der Waals surface area contributed by atoms with Crippen LogP contribution in [0.3, 0.4) is 0 Å². The third-order valence-electron chi connectivity index (χ3n) is 8.13. The van der Waals surface area contributed by atoms with Crippen molar-refractivity contribution in [3.05, 3.63) is 120 Å². The summed E-state index contributed by atoms with van der Waals surface area (Å²) in [6, 6.07) is 30.7. The molecule has 0 saturated heterocycles. The van der Waals surface area contributed by atoms with Crippen molar-refractivity contribution in [3.63, 3.8) is 0 Å². The number of carbonyl (C=O) groups excluding carboxylic acids is 2. The number of aliphatic carboxylic acids is 1. The van der Waals surface area contributed by atoms with Gasteiger partial charge in [-0.05, 0) is 47.4 Å². The van der Waals surface area contributed by atoms with Gasteiger partial charge in [-0.1, -0.05) is 111 Å². The van der Waals surface area contributed by atoms with Gasteiger partial charge in [0.25, 0.3) is 0 Å². The second-order valence-electron chi connectivity index (χ2n) is 11.3. The summed E-state index contributed by atoms with van der Waals surface area (Å²) in [4.78, 5) is 41.8. The molecule has 0 aromatic heterocycles. The monoisotopic (exact) mass is 605 g/mol. The molecular weight excluding hydrogens is 562 g/mol. The molecule has 234 valence electrons. The van der Waals surface area contributed by atoms with Gasteiger partial charge in [-0.2, -0.15) is 0 Å². The number of anilines is 2. The lowest BCUT2D eigenvalue weighted by molar-refractivity contribution is -0.138. The van der Waals surface area contributed by atoms with Crippen LogP contribution in [0, 0.1) is 0 Å². The molecule has 0 heterocycles. The van der Waals surface area contributed by atoms with Gasteiger partial charge in [0.15, 0.2) is 5.78 Å². The summed E-state index contributed by atoms with van der Waals surface area (Å²) in [5.74, 6) is -1.13. The van der Waals surface area contributed by atoms with Crippen LogP contribution in [0.1, 0.15) is 60.5 Å². The molecular formula is C38H43N3O4. The highest BCUT2D eigenvalue weighted by molar-refractivity contribution is 6.12. The fourth-order valence-corrected chi connectivity index (χ4v) is 5.39. The quantitative estimate of drug-likeness (QED) is 0.106. The van der Waals surface area contributed by atoms with Crippen LogP contribution in [0.5, 0.6) is 0 Å². The van der Waals surface area contributed by atoms with Gasteiger partial charge in [-0.25, -0.2) is 9.59 Å². The number of para-hydroxylation sites is 1. The van der Waals surface area contributed by atoms with Crippen molar-refractivity contribution in [1.29, 1.82) is 0 Å². The maximum absolute atomic E-state index is 13.3. The zero-order valence-electron chi connectivity index (χ0n) is 26.4. The van der Waals surface area contributed by atoms with Crippen LogP contribution in [-0.4, -0.2) is 49.6 Å². The first kappa shape index (κ1) is 33.0. The summed E-state index contributed by atoms with van der Waals surface area (Å²) in [5, 5.41) is 13.2. The predicted molar refractivity (Wildman–Crippen MR) is 182 cm³/mol. The molecule has 4 rings (SSSR count). The Balaban J connectivity index is 1.44. The van der Waals surface area contributed by atoms with Crippen molar-refractivity contribution in [3.8, 4) is 11.1 Å². The average Bonchev–Trinajstić information content (AvgIpc) is 3.08. The molecule has 4 aromatic carbocycles.